The molecule has 0 aliphatic carbocycles. The number of hydrogen-bond acceptors (Lipinski definition) is 7. The van der Waals surface area contributed by atoms with Crippen LogP contribution >= 0.6 is 11.3 Å². The molecule has 0 saturated heterocycles. The maximum atomic E-state index is 6.26. The van der Waals surface area contributed by atoms with Crippen LogP contribution in [0.25, 0.3) is 10.2 Å². The Labute approximate surface area is 161 Å². The third-order valence-electron chi connectivity index (χ3n) is 4.28. The van der Waals surface area contributed by atoms with Crippen LogP contribution in [0.2, 0.25) is 0 Å². The van der Waals surface area contributed by atoms with Gasteiger partial charge in [0.1, 0.15) is 12.0 Å². The van der Waals surface area contributed by atoms with E-state index in [1.165, 1.54) is 11.9 Å². The smallest absolute Gasteiger partial charge is 0.189 e. The molecule has 0 aliphatic rings. The Morgan fingerprint density at radius 1 is 1.00 bits per heavy atom. The highest BCUT2D eigenvalue weighted by molar-refractivity contribution is 7.22. The van der Waals surface area contributed by atoms with E-state index in [0.29, 0.717) is 17.3 Å². The lowest BCUT2D eigenvalue weighted by Crippen LogP contribution is -2.10. The minimum absolute atomic E-state index is 0.488. The number of anilines is 4. The summed E-state index contributed by atoms with van der Waals surface area (Å²) in [6, 6.07) is 16.4. The number of fused-ring (bicyclic) bond motifs is 1. The van der Waals surface area contributed by atoms with Crippen LogP contribution < -0.4 is 16.4 Å². The number of aryl methyl sites for hydroxylation is 1. The monoisotopic (exact) mass is 376 g/mol. The number of nitrogens with zero attached hydrogens (tertiary/aromatic N) is 3. The van der Waals surface area contributed by atoms with Crippen LogP contribution in [-0.4, -0.2) is 21.5 Å². The van der Waals surface area contributed by atoms with E-state index in [4.69, 9.17) is 5.73 Å². The first kappa shape index (κ1) is 17.2. The van der Waals surface area contributed by atoms with Crippen LogP contribution in [0.5, 0.6) is 0 Å². The quantitative estimate of drug-likeness (QED) is 0.463. The topological polar surface area (TPSA) is 88.8 Å². The van der Waals surface area contributed by atoms with Crippen LogP contribution in [-0.2, 0) is 6.42 Å². The van der Waals surface area contributed by atoms with Gasteiger partial charge in [-0.1, -0.05) is 53.8 Å². The second-order valence-electron chi connectivity index (χ2n) is 6.21. The van der Waals surface area contributed by atoms with Gasteiger partial charge in [-0.15, -0.1) is 0 Å². The number of nitrogens with two attached hydrogens (primary N) is 1. The molecule has 0 saturated carbocycles. The van der Waals surface area contributed by atoms with Crippen LogP contribution in [0.15, 0.2) is 54.9 Å². The van der Waals surface area contributed by atoms with E-state index in [-0.39, 0.29) is 0 Å². The van der Waals surface area contributed by atoms with Crippen molar-refractivity contribution in [1.82, 2.24) is 15.0 Å². The third kappa shape index (κ3) is 3.83. The second-order valence-corrected chi connectivity index (χ2v) is 7.24. The van der Waals surface area contributed by atoms with Gasteiger partial charge in [0.25, 0.3) is 0 Å². The van der Waals surface area contributed by atoms with Crippen LogP contribution in [0.1, 0.15) is 11.1 Å². The first-order valence-electron chi connectivity index (χ1n) is 8.72. The molecule has 7 heteroatoms. The molecule has 2 heterocycles. The Morgan fingerprint density at radius 2 is 1.81 bits per heavy atom. The third-order valence-corrected chi connectivity index (χ3v) is 5.21. The molecule has 4 N–H and O–H groups in total. The summed E-state index contributed by atoms with van der Waals surface area (Å²) in [5.74, 6) is 1.18. The molecule has 0 atom stereocenters. The van der Waals surface area contributed by atoms with Crippen molar-refractivity contribution in [2.45, 2.75) is 13.3 Å². The van der Waals surface area contributed by atoms with Crippen molar-refractivity contribution < 1.29 is 0 Å². The summed E-state index contributed by atoms with van der Waals surface area (Å²) in [5, 5.41) is 7.28. The molecule has 0 unspecified atom stereocenters. The van der Waals surface area contributed by atoms with Crippen molar-refractivity contribution in [1.29, 1.82) is 0 Å². The molecule has 27 heavy (non-hydrogen) atoms. The van der Waals surface area contributed by atoms with Gasteiger partial charge in [0.05, 0.1) is 10.2 Å². The lowest BCUT2D eigenvalue weighted by Gasteiger charge is -2.11. The summed E-state index contributed by atoms with van der Waals surface area (Å²) < 4.78 is 1.13. The molecule has 0 amide bonds. The summed E-state index contributed by atoms with van der Waals surface area (Å²) in [4.78, 5) is 13.2. The Kier molecular flexibility index (Phi) is 4.84. The molecule has 0 radical (unpaired) electrons. The molecule has 0 fully saturated rings. The lowest BCUT2D eigenvalue weighted by atomic mass is 10.1. The fourth-order valence-corrected chi connectivity index (χ4v) is 3.79. The molecule has 4 aromatic rings. The van der Waals surface area contributed by atoms with Gasteiger partial charge in [-0.2, -0.15) is 0 Å². The minimum Gasteiger partial charge on any atom is -0.393 e. The van der Waals surface area contributed by atoms with Gasteiger partial charge in [-0.25, -0.2) is 15.0 Å². The molecule has 4 rings (SSSR count). The van der Waals surface area contributed by atoms with Gasteiger partial charge in [-0.3, -0.25) is 0 Å². The molecule has 0 bridgehead atoms. The van der Waals surface area contributed by atoms with Crippen LogP contribution in [0.3, 0.4) is 0 Å². The normalized spacial score (nSPS) is 10.9. The zero-order chi connectivity index (χ0) is 18.6. The Bertz CT molecular complexity index is 1060. The SMILES string of the molecule is Cc1cccc2sc(Nc3ncnc(NCCc4ccccc4)c3N)nc12. The van der Waals surface area contributed by atoms with E-state index >= 15 is 0 Å². The molecule has 0 aliphatic heterocycles. The van der Waals surface area contributed by atoms with E-state index in [9.17, 15) is 0 Å². The fraction of sp³-hybridized carbons (Fsp3) is 0.150. The van der Waals surface area contributed by atoms with Gasteiger partial charge in [0, 0.05) is 6.54 Å². The number of nitrogens with one attached hydrogen (secondary N) is 2. The van der Waals surface area contributed by atoms with Crippen molar-refractivity contribution >= 4 is 44.0 Å². The highest BCUT2D eigenvalue weighted by Crippen LogP contribution is 2.32. The second kappa shape index (κ2) is 7.59. The fourth-order valence-electron chi connectivity index (χ4n) is 2.85. The van der Waals surface area contributed by atoms with E-state index in [0.717, 1.165) is 33.9 Å². The average Bonchev–Trinajstić information content (AvgIpc) is 3.10. The highest BCUT2D eigenvalue weighted by atomic mass is 32.1. The van der Waals surface area contributed by atoms with Crippen molar-refractivity contribution in [3.05, 3.63) is 66.0 Å². The average molecular weight is 376 g/mol. The Balaban J connectivity index is 1.48. The predicted molar refractivity (Wildman–Crippen MR) is 113 cm³/mol. The summed E-state index contributed by atoms with van der Waals surface area (Å²) in [5.41, 5.74) is 10.2. The molecule has 2 aromatic carbocycles. The molecule has 0 spiro atoms. The number of benzene rings is 2. The van der Waals surface area contributed by atoms with Gasteiger partial charge < -0.3 is 16.4 Å². The number of aromatic nitrogens is 3. The van der Waals surface area contributed by atoms with Gasteiger partial charge in [-0.05, 0) is 30.5 Å². The number of hydrogen-bond donors (Lipinski definition) is 3. The van der Waals surface area contributed by atoms with Crippen molar-refractivity contribution in [3.63, 3.8) is 0 Å². The molecular formula is C20H20N6S. The van der Waals surface area contributed by atoms with E-state index < -0.39 is 0 Å². The summed E-state index contributed by atoms with van der Waals surface area (Å²) in [6.45, 7) is 2.80. The largest absolute Gasteiger partial charge is 0.393 e. The van der Waals surface area contributed by atoms with Crippen LogP contribution in [0.4, 0.5) is 22.5 Å². The summed E-state index contributed by atoms with van der Waals surface area (Å²) in [7, 11) is 0. The van der Waals surface area contributed by atoms with E-state index in [1.54, 1.807) is 11.3 Å². The number of nitrogen functional groups attached to an aromatic ring is 1. The molecule has 6 nitrogen and oxygen atoms in total. The van der Waals surface area contributed by atoms with Crippen molar-refractivity contribution in [2.24, 2.45) is 0 Å². The zero-order valence-corrected chi connectivity index (χ0v) is 15.8. The number of thiazole rings is 1. The molecule has 136 valence electrons. The summed E-state index contributed by atoms with van der Waals surface area (Å²) >= 11 is 1.58. The standard InChI is InChI=1S/C20H20N6S/c1-13-6-5-9-15-17(13)25-20(27-15)26-19-16(21)18(23-12-24-19)22-11-10-14-7-3-2-4-8-14/h2-9,12H,10-11,21H2,1H3,(H2,22,23,24,25,26). The van der Waals surface area contributed by atoms with Gasteiger partial charge in [0.15, 0.2) is 16.8 Å². The highest BCUT2D eigenvalue weighted by Gasteiger charge is 2.11. The number of para-hydroxylation sites is 1. The van der Waals surface area contributed by atoms with Gasteiger partial charge >= 0.3 is 0 Å². The van der Waals surface area contributed by atoms with Gasteiger partial charge in [0.2, 0.25) is 0 Å². The Hall–Kier alpha value is -3.19. The number of rotatable bonds is 6. The Morgan fingerprint density at radius 3 is 2.63 bits per heavy atom. The maximum absolute atomic E-state index is 6.26. The minimum atomic E-state index is 0.488. The molecular weight excluding hydrogens is 356 g/mol. The predicted octanol–water partition coefficient (Wildman–Crippen LogP) is 4.38. The molecule has 2 aromatic heterocycles. The van der Waals surface area contributed by atoms with E-state index in [2.05, 4.69) is 56.8 Å². The van der Waals surface area contributed by atoms with Crippen molar-refractivity contribution in [2.75, 3.05) is 22.9 Å². The van der Waals surface area contributed by atoms with Crippen molar-refractivity contribution in [3.8, 4) is 0 Å². The first-order valence-corrected chi connectivity index (χ1v) is 9.54. The first-order chi connectivity index (χ1) is 13.2. The van der Waals surface area contributed by atoms with E-state index in [1.807, 2.05) is 24.3 Å². The summed E-state index contributed by atoms with van der Waals surface area (Å²) in [6.07, 6.45) is 2.40. The maximum Gasteiger partial charge on any atom is 0.189 e. The zero-order valence-electron chi connectivity index (χ0n) is 14.9. The lowest BCUT2D eigenvalue weighted by molar-refractivity contribution is 1.00. The van der Waals surface area contributed by atoms with Crippen LogP contribution in [0, 0.1) is 6.92 Å².